The summed E-state index contributed by atoms with van der Waals surface area (Å²) in [5, 5.41) is 10.8. The number of aromatic amines is 2. The molecule has 1 fully saturated rings. The molecule has 10 nitrogen and oxygen atoms in total. The highest BCUT2D eigenvalue weighted by molar-refractivity contribution is 5.94. The Labute approximate surface area is 216 Å². The van der Waals surface area contributed by atoms with Gasteiger partial charge in [-0.25, -0.2) is 14.4 Å². The summed E-state index contributed by atoms with van der Waals surface area (Å²) in [6.45, 7) is 13.0. The van der Waals surface area contributed by atoms with Crippen LogP contribution >= 0.6 is 0 Å². The van der Waals surface area contributed by atoms with Gasteiger partial charge in [0.25, 0.3) is 0 Å². The molecule has 3 heterocycles. The van der Waals surface area contributed by atoms with E-state index < -0.39 is 5.82 Å². The van der Waals surface area contributed by atoms with Gasteiger partial charge >= 0.3 is 0 Å². The average molecular weight is 510 g/mol. The predicted octanol–water partition coefficient (Wildman–Crippen LogP) is 3.22. The summed E-state index contributed by atoms with van der Waals surface area (Å²) >= 11 is 0. The summed E-state index contributed by atoms with van der Waals surface area (Å²) in [5.41, 5.74) is 2.56. The number of fused-ring (bicyclic) bond motifs is 1. The molecule has 0 unspecified atom stereocenters. The number of likely N-dealkylation sites (N-methyl/N-ethyl adjacent to an activating group) is 1. The lowest BCUT2D eigenvalue weighted by atomic mass is 10.2. The molecule has 3 N–H and O–H groups in total. The maximum Gasteiger partial charge on any atom is 0.181 e. The zero-order chi connectivity index (χ0) is 26.4. The highest BCUT2D eigenvalue weighted by Crippen LogP contribution is 2.27. The molecule has 0 saturated carbocycles. The van der Waals surface area contributed by atoms with Crippen LogP contribution in [0.1, 0.15) is 11.4 Å². The molecule has 1 aromatic carbocycles. The number of nitrogens with one attached hydrogen (secondary N) is 3. The van der Waals surface area contributed by atoms with Crippen molar-refractivity contribution in [3.8, 4) is 5.75 Å². The molecule has 1 aliphatic rings. The van der Waals surface area contributed by atoms with Gasteiger partial charge in [0, 0.05) is 73.7 Å². The molecule has 0 radical (unpaired) electrons. The van der Waals surface area contributed by atoms with Crippen molar-refractivity contribution in [1.82, 2.24) is 29.9 Å². The molecule has 198 valence electrons. The van der Waals surface area contributed by atoms with Crippen LogP contribution in [0.4, 0.5) is 10.2 Å². The fourth-order valence-corrected chi connectivity index (χ4v) is 4.20. The lowest BCUT2D eigenvalue weighted by molar-refractivity contribution is 0.169. The zero-order valence-electron chi connectivity index (χ0n) is 22.0. The number of aliphatic imine (C=N–C) groups is 2. The third kappa shape index (κ3) is 6.95. The van der Waals surface area contributed by atoms with E-state index >= 15 is 0 Å². The number of aryl methyl sites for hydroxylation is 2. The third-order valence-corrected chi connectivity index (χ3v) is 6.24. The van der Waals surface area contributed by atoms with Crippen molar-refractivity contribution in [3.05, 3.63) is 53.4 Å². The lowest BCUT2D eigenvalue weighted by Crippen LogP contribution is -2.49. The highest BCUT2D eigenvalue weighted by atomic mass is 19.1. The number of rotatable bonds is 10. The van der Waals surface area contributed by atoms with Crippen LogP contribution in [0.2, 0.25) is 0 Å². The van der Waals surface area contributed by atoms with Crippen LogP contribution in [0.15, 0.2) is 46.1 Å². The number of H-pyrrole nitrogens is 2. The van der Waals surface area contributed by atoms with Gasteiger partial charge in [-0.3, -0.25) is 10.00 Å². The van der Waals surface area contributed by atoms with Crippen LogP contribution in [0.25, 0.3) is 10.9 Å². The number of amidine groups is 1. The number of piperazine rings is 1. The quantitative estimate of drug-likeness (QED) is 0.287. The number of hydrogen-bond acceptors (Lipinski definition) is 7. The maximum atomic E-state index is 15.0. The van der Waals surface area contributed by atoms with E-state index in [0.717, 1.165) is 56.2 Å². The topological polar surface area (TPSA) is 100 Å². The smallest absolute Gasteiger partial charge is 0.181 e. The molecule has 0 atom stereocenters. The van der Waals surface area contributed by atoms with Gasteiger partial charge in [-0.05, 0) is 52.9 Å². The number of aromatic nitrogens is 3. The number of anilines is 1. The molecule has 3 aromatic rings. The summed E-state index contributed by atoms with van der Waals surface area (Å²) in [6.07, 6.45) is 1.82. The number of ether oxygens (including phenoxy) is 1. The number of benzene rings is 1. The van der Waals surface area contributed by atoms with Gasteiger partial charge in [-0.1, -0.05) is 0 Å². The fourth-order valence-electron chi connectivity index (χ4n) is 4.20. The molecule has 1 aliphatic heterocycles. The second-order valence-corrected chi connectivity index (χ2v) is 9.46. The maximum absolute atomic E-state index is 15.0. The molecule has 0 spiro atoms. The van der Waals surface area contributed by atoms with Gasteiger partial charge in [0.05, 0.1) is 0 Å². The Morgan fingerprint density at radius 3 is 2.68 bits per heavy atom. The number of nitrogens with zero attached hydrogens (tertiary/aromatic N) is 6. The third-order valence-electron chi connectivity index (χ3n) is 6.24. The Morgan fingerprint density at radius 1 is 1.22 bits per heavy atom. The van der Waals surface area contributed by atoms with Crippen LogP contribution < -0.4 is 10.1 Å². The van der Waals surface area contributed by atoms with E-state index in [2.05, 4.69) is 66.0 Å². The van der Waals surface area contributed by atoms with Gasteiger partial charge in [0.1, 0.15) is 11.7 Å². The standard InChI is InChI=1S/C26H36FN9O/c1-18-14-20-21(30-18)6-7-22(26(20)27)37-17-29-25(16-23(28-3)31-24-15-19(2)32-33-24)36-12-10-35(11-13-36)9-8-34(4)5/h6-7,14-16,30H,3,8-13,17H2,1-2,4-5H3,(H2,31,32,33)/b23-16+,29-25+. The van der Waals surface area contributed by atoms with E-state index in [0.29, 0.717) is 22.9 Å². The van der Waals surface area contributed by atoms with Crippen LogP contribution in [-0.4, -0.2) is 103 Å². The van der Waals surface area contributed by atoms with E-state index in [1.165, 1.54) is 0 Å². The van der Waals surface area contributed by atoms with Crippen LogP contribution in [-0.2, 0) is 0 Å². The van der Waals surface area contributed by atoms with Crippen LogP contribution in [0.5, 0.6) is 5.75 Å². The first-order chi connectivity index (χ1) is 17.8. The van der Waals surface area contributed by atoms with Crippen molar-refractivity contribution in [1.29, 1.82) is 0 Å². The molecular weight excluding hydrogens is 473 g/mol. The molecule has 11 heteroatoms. The normalized spacial score (nSPS) is 15.6. The molecule has 37 heavy (non-hydrogen) atoms. The van der Waals surface area contributed by atoms with Crippen molar-refractivity contribution < 1.29 is 9.13 Å². The van der Waals surface area contributed by atoms with Gasteiger partial charge in [0.2, 0.25) is 0 Å². The zero-order valence-corrected chi connectivity index (χ0v) is 22.0. The van der Waals surface area contributed by atoms with E-state index in [-0.39, 0.29) is 12.5 Å². The molecule has 0 amide bonds. The predicted molar refractivity (Wildman–Crippen MR) is 147 cm³/mol. The van der Waals surface area contributed by atoms with Gasteiger partial charge in [0.15, 0.2) is 24.1 Å². The summed E-state index contributed by atoms with van der Waals surface area (Å²) in [7, 11) is 4.17. The van der Waals surface area contributed by atoms with Crippen molar-refractivity contribution in [2.45, 2.75) is 13.8 Å². The minimum absolute atomic E-state index is 0.0373. The Hall–Kier alpha value is -3.70. The molecule has 0 aliphatic carbocycles. The molecule has 0 bridgehead atoms. The minimum atomic E-state index is -0.396. The Balaban J connectivity index is 1.50. The first-order valence-corrected chi connectivity index (χ1v) is 12.4. The molecule has 2 aromatic heterocycles. The second kappa shape index (κ2) is 12.0. The van der Waals surface area contributed by atoms with Crippen molar-refractivity contribution in [2.24, 2.45) is 9.98 Å². The second-order valence-electron chi connectivity index (χ2n) is 9.46. The van der Waals surface area contributed by atoms with E-state index in [1.807, 2.05) is 32.1 Å². The first-order valence-electron chi connectivity index (χ1n) is 12.4. The largest absolute Gasteiger partial charge is 0.468 e. The van der Waals surface area contributed by atoms with Gasteiger partial charge in [-0.15, -0.1) is 0 Å². The molecule has 1 saturated heterocycles. The highest BCUT2D eigenvalue weighted by Gasteiger charge is 2.20. The summed E-state index contributed by atoms with van der Waals surface area (Å²) < 4.78 is 20.7. The van der Waals surface area contributed by atoms with Crippen molar-refractivity contribution in [2.75, 3.05) is 65.4 Å². The number of hydrogen-bond donors (Lipinski definition) is 3. The summed E-state index contributed by atoms with van der Waals surface area (Å²) in [4.78, 5) is 18.8. The van der Waals surface area contributed by atoms with Crippen molar-refractivity contribution >= 4 is 29.3 Å². The average Bonchev–Trinajstić information content (AvgIpc) is 3.47. The minimum Gasteiger partial charge on any atom is -0.468 e. The summed E-state index contributed by atoms with van der Waals surface area (Å²) in [6, 6.07) is 7.09. The first kappa shape index (κ1) is 26.4. The van der Waals surface area contributed by atoms with Gasteiger partial charge < -0.3 is 24.8 Å². The molecule has 4 rings (SSSR count). The SMILES string of the molecule is C=N/C(=C\C(=N/COc1ccc2[nH]c(C)cc2c1F)N1CCN(CCN(C)C)CC1)Nc1cc(C)[nH]n1. The molecular formula is C26H36FN9O. The Morgan fingerprint density at radius 2 is 2.00 bits per heavy atom. The summed E-state index contributed by atoms with van der Waals surface area (Å²) in [5.74, 6) is 1.61. The van der Waals surface area contributed by atoms with E-state index in [4.69, 9.17) is 4.74 Å². The Bertz CT molecular complexity index is 1270. The Kier molecular flexibility index (Phi) is 8.57. The van der Waals surface area contributed by atoms with E-state index in [1.54, 1.807) is 12.1 Å². The van der Waals surface area contributed by atoms with Crippen LogP contribution in [0, 0.1) is 19.7 Å². The number of halogens is 1. The van der Waals surface area contributed by atoms with Gasteiger partial charge in [-0.2, -0.15) is 5.10 Å². The van der Waals surface area contributed by atoms with Crippen molar-refractivity contribution in [3.63, 3.8) is 0 Å². The fraction of sp³-hybridized carbons (Fsp3) is 0.423. The van der Waals surface area contributed by atoms with Crippen LogP contribution in [0.3, 0.4) is 0 Å². The van der Waals surface area contributed by atoms with E-state index in [9.17, 15) is 4.39 Å². The lowest BCUT2D eigenvalue weighted by Gasteiger charge is -2.36. The monoisotopic (exact) mass is 509 g/mol.